The Labute approximate surface area is 149 Å². The smallest absolute Gasteiger partial charge is 0.224 e. The van der Waals surface area contributed by atoms with Gasteiger partial charge < -0.3 is 19.5 Å². The fourth-order valence-corrected chi connectivity index (χ4v) is 3.11. The minimum Gasteiger partial charge on any atom is -0.361 e. The molecular weight excluding hydrogens is 328 g/mol. The predicted octanol–water partition coefficient (Wildman–Crippen LogP) is 3.79. The molecule has 3 heterocycles. The van der Waals surface area contributed by atoms with Gasteiger partial charge in [0.05, 0.1) is 5.69 Å². The Hall–Kier alpha value is -3.41. The third-order valence-electron chi connectivity index (χ3n) is 4.37. The van der Waals surface area contributed by atoms with E-state index in [1.54, 1.807) is 6.20 Å². The first-order valence-corrected chi connectivity index (χ1v) is 8.44. The zero-order chi connectivity index (χ0) is 18.1. The maximum atomic E-state index is 12.2. The fourth-order valence-electron chi connectivity index (χ4n) is 3.11. The van der Waals surface area contributed by atoms with Crippen molar-refractivity contribution in [1.29, 1.82) is 0 Å². The van der Waals surface area contributed by atoms with Crippen LogP contribution in [0.2, 0.25) is 0 Å². The highest BCUT2D eigenvalue weighted by molar-refractivity contribution is 5.99. The molecule has 0 fully saturated rings. The summed E-state index contributed by atoms with van der Waals surface area (Å²) < 4.78 is 1.89. The Morgan fingerprint density at radius 2 is 2.12 bits per heavy atom. The molecule has 4 aromatic rings. The summed E-state index contributed by atoms with van der Waals surface area (Å²) in [6, 6.07) is 10.0. The van der Waals surface area contributed by atoms with E-state index >= 15 is 0 Å². The second-order valence-corrected chi connectivity index (χ2v) is 6.30. The van der Waals surface area contributed by atoms with Crippen molar-refractivity contribution in [3.8, 4) is 11.1 Å². The zero-order valence-corrected chi connectivity index (χ0v) is 14.3. The van der Waals surface area contributed by atoms with Crippen LogP contribution in [0.15, 0.2) is 55.1 Å². The Kier molecular flexibility index (Phi) is 4.01. The van der Waals surface area contributed by atoms with Crippen molar-refractivity contribution < 1.29 is 9.59 Å². The van der Waals surface area contributed by atoms with Crippen LogP contribution in [-0.4, -0.2) is 26.1 Å². The molecule has 26 heavy (non-hydrogen) atoms. The lowest BCUT2D eigenvalue weighted by Gasteiger charge is -2.11. The SMILES string of the molecule is CC(=O)CCC(=O)Nc1cc(-c2cccc3[nH]ccc23)cn2ccnc12. The first-order valence-electron chi connectivity index (χ1n) is 8.44. The lowest BCUT2D eigenvalue weighted by molar-refractivity contribution is -0.121. The number of aromatic nitrogens is 3. The second kappa shape index (κ2) is 6.48. The van der Waals surface area contributed by atoms with Gasteiger partial charge in [-0.1, -0.05) is 12.1 Å². The molecule has 6 nitrogen and oxygen atoms in total. The first kappa shape index (κ1) is 16.1. The molecule has 6 heteroatoms. The van der Waals surface area contributed by atoms with Gasteiger partial charge in [-0.25, -0.2) is 4.98 Å². The summed E-state index contributed by atoms with van der Waals surface area (Å²) >= 11 is 0. The number of hydrogen-bond acceptors (Lipinski definition) is 3. The van der Waals surface area contributed by atoms with Gasteiger partial charge in [0, 0.05) is 54.1 Å². The number of amides is 1. The molecule has 3 aromatic heterocycles. The number of carbonyl (C=O) groups is 2. The van der Waals surface area contributed by atoms with Gasteiger partial charge in [0.15, 0.2) is 5.65 Å². The number of anilines is 1. The number of aromatic amines is 1. The number of H-pyrrole nitrogens is 1. The molecule has 2 N–H and O–H groups in total. The molecule has 1 amide bonds. The predicted molar refractivity (Wildman–Crippen MR) is 101 cm³/mol. The monoisotopic (exact) mass is 346 g/mol. The second-order valence-electron chi connectivity index (χ2n) is 6.30. The highest BCUT2D eigenvalue weighted by Crippen LogP contribution is 2.31. The molecule has 0 bridgehead atoms. The Bertz CT molecular complexity index is 1120. The van der Waals surface area contributed by atoms with Crippen LogP contribution in [0.3, 0.4) is 0 Å². The average molecular weight is 346 g/mol. The largest absolute Gasteiger partial charge is 0.361 e. The Morgan fingerprint density at radius 1 is 1.23 bits per heavy atom. The molecule has 130 valence electrons. The van der Waals surface area contributed by atoms with Gasteiger partial charge in [-0.15, -0.1) is 0 Å². The fraction of sp³-hybridized carbons (Fsp3) is 0.150. The van der Waals surface area contributed by atoms with Crippen molar-refractivity contribution in [2.45, 2.75) is 19.8 Å². The molecule has 0 unspecified atom stereocenters. The molecule has 0 saturated carbocycles. The van der Waals surface area contributed by atoms with Crippen LogP contribution in [0.5, 0.6) is 0 Å². The van der Waals surface area contributed by atoms with Crippen LogP contribution < -0.4 is 5.32 Å². The van der Waals surface area contributed by atoms with Crippen LogP contribution in [0.1, 0.15) is 19.8 Å². The van der Waals surface area contributed by atoms with Gasteiger partial charge in [-0.3, -0.25) is 4.79 Å². The van der Waals surface area contributed by atoms with Gasteiger partial charge in [0.2, 0.25) is 5.91 Å². The third kappa shape index (κ3) is 2.97. The van der Waals surface area contributed by atoms with Crippen LogP contribution in [-0.2, 0) is 9.59 Å². The van der Waals surface area contributed by atoms with Crippen molar-refractivity contribution >= 4 is 33.9 Å². The molecule has 4 rings (SSSR count). The van der Waals surface area contributed by atoms with Crippen molar-refractivity contribution in [2.24, 2.45) is 0 Å². The van der Waals surface area contributed by atoms with E-state index in [-0.39, 0.29) is 24.5 Å². The van der Waals surface area contributed by atoms with E-state index in [0.29, 0.717) is 11.3 Å². The van der Waals surface area contributed by atoms with E-state index in [1.807, 2.05) is 47.3 Å². The summed E-state index contributed by atoms with van der Waals surface area (Å²) in [4.78, 5) is 30.9. The summed E-state index contributed by atoms with van der Waals surface area (Å²) in [6.07, 6.45) is 7.85. The van der Waals surface area contributed by atoms with Crippen molar-refractivity contribution in [3.63, 3.8) is 0 Å². The summed E-state index contributed by atoms with van der Waals surface area (Å²) in [7, 11) is 0. The number of nitrogens with one attached hydrogen (secondary N) is 2. The minimum atomic E-state index is -0.192. The average Bonchev–Trinajstić information content (AvgIpc) is 3.28. The standard InChI is InChI=1S/C20H18N4O2/c1-13(25)5-6-19(26)23-18-11-14(12-24-10-9-22-20(18)24)15-3-2-4-17-16(15)7-8-21-17/h2-4,7-12,21H,5-6H2,1H3,(H,23,26). The maximum absolute atomic E-state index is 12.2. The molecule has 0 radical (unpaired) electrons. The first-order chi connectivity index (χ1) is 12.6. The number of Topliss-reactive ketones (excluding diaryl/α,β-unsaturated/α-hetero) is 1. The van der Waals surface area contributed by atoms with Gasteiger partial charge in [-0.2, -0.15) is 0 Å². The summed E-state index contributed by atoms with van der Waals surface area (Å²) in [5.74, 6) is -0.193. The number of imidazole rings is 1. The van der Waals surface area contributed by atoms with Crippen LogP contribution in [0.4, 0.5) is 5.69 Å². The molecule has 0 aliphatic rings. The van der Waals surface area contributed by atoms with Gasteiger partial charge >= 0.3 is 0 Å². The third-order valence-corrected chi connectivity index (χ3v) is 4.37. The number of fused-ring (bicyclic) bond motifs is 2. The minimum absolute atomic E-state index is 0.000931. The van der Waals surface area contributed by atoms with E-state index in [1.165, 1.54) is 6.92 Å². The molecule has 0 aliphatic heterocycles. The summed E-state index contributed by atoms with van der Waals surface area (Å²) in [5, 5.41) is 4.01. The molecule has 1 aromatic carbocycles. The van der Waals surface area contributed by atoms with Gasteiger partial charge in [0.1, 0.15) is 5.78 Å². The maximum Gasteiger partial charge on any atom is 0.224 e. The van der Waals surface area contributed by atoms with Gasteiger partial charge in [0.25, 0.3) is 0 Å². The molecule has 0 saturated heterocycles. The van der Waals surface area contributed by atoms with E-state index in [4.69, 9.17) is 0 Å². The molecule has 0 aliphatic carbocycles. The number of benzene rings is 1. The number of hydrogen-bond donors (Lipinski definition) is 2. The number of pyridine rings is 1. The summed E-state index contributed by atoms with van der Waals surface area (Å²) in [6.45, 7) is 1.48. The van der Waals surface area contributed by atoms with Gasteiger partial charge in [-0.05, 0) is 30.7 Å². The van der Waals surface area contributed by atoms with Crippen LogP contribution >= 0.6 is 0 Å². The highest BCUT2D eigenvalue weighted by Gasteiger charge is 2.12. The van der Waals surface area contributed by atoms with E-state index in [2.05, 4.69) is 21.4 Å². The van der Waals surface area contributed by atoms with Crippen LogP contribution in [0.25, 0.3) is 27.7 Å². The van der Waals surface area contributed by atoms with E-state index in [9.17, 15) is 9.59 Å². The molecular formula is C20H18N4O2. The number of carbonyl (C=O) groups excluding carboxylic acids is 2. The Balaban J connectivity index is 1.76. The topological polar surface area (TPSA) is 79.3 Å². The number of nitrogens with zero attached hydrogens (tertiary/aromatic N) is 2. The summed E-state index contributed by atoms with van der Waals surface area (Å²) in [5.41, 5.74) is 4.40. The van der Waals surface area contributed by atoms with Crippen LogP contribution in [0, 0.1) is 0 Å². The number of ketones is 1. The number of rotatable bonds is 5. The molecule has 0 spiro atoms. The lowest BCUT2D eigenvalue weighted by Crippen LogP contribution is -2.13. The van der Waals surface area contributed by atoms with Crippen molar-refractivity contribution in [2.75, 3.05) is 5.32 Å². The normalized spacial score (nSPS) is 11.1. The highest BCUT2D eigenvalue weighted by atomic mass is 16.2. The van der Waals surface area contributed by atoms with E-state index in [0.717, 1.165) is 22.0 Å². The Morgan fingerprint density at radius 3 is 2.96 bits per heavy atom. The lowest BCUT2D eigenvalue weighted by atomic mass is 10.0. The van der Waals surface area contributed by atoms with E-state index < -0.39 is 0 Å². The van der Waals surface area contributed by atoms with Crippen molar-refractivity contribution in [1.82, 2.24) is 14.4 Å². The quantitative estimate of drug-likeness (QED) is 0.577. The zero-order valence-electron chi connectivity index (χ0n) is 14.3. The van der Waals surface area contributed by atoms with Crippen molar-refractivity contribution in [3.05, 3.63) is 55.1 Å². The molecule has 0 atom stereocenters.